The van der Waals surface area contributed by atoms with Crippen molar-refractivity contribution in [1.29, 1.82) is 0 Å². The maximum absolute atomic E-state index is 12.3. The third-order valence-corrected chi connectivity index (χ3v) is 6.52. The zero-order valence-electron chi connectivity index (χ0n) is 10.3. The fraction of sp³-hybridized carbons (Fsp3) is 0.727. The first-order valence-corrected chi connectivity index (χ1v) is 7.41. The molecule has 100 valence electrons. The monoisotopic (exact) mass is 273 g/mol. The van der Waals surface area contributed by atoms with Crippen LogP contribution in [0.25, 0.3) is 0 Å². The van der Waals surface area contributed by atoms with Crippen LogP contribution in [0, 0.1) is 0 Å². The number of amides is 1. The lowest BCUT2D eigenvalue weighted by Crippen LogP contribution is -2.49. The highest BCUT2D eigenvalue weighted by molar-refractivity contribution is 7.94. The second-order valence-corrected chi connectivity index (χ2v) is 7.79. The lowest BCUT2D eigenvalue weighted by molar-refractivity contribution is -0.138. The van der Waals surface area contributed by atoms with E-state index >= 15 is 0 Å². The molecule has 6 nitrogen and oxygen atoms in total. The van der Waals surface area contributed by atoms with E-state index in [-0.39, 0.29) is 12.3 Å². The van der Waals surface area contributed by atoms with Gasteiger partial charge < -0.3 is 9.47 Å². The summed E-state index contributed by atoms with van der Waals surface area (Å²) in [6.07, 6.45) is 1.14. The van der Waals surface area contributed by atoms with Gasteiger partial charge in [-0.3, -0.25) is 9.69 Å². The molecule has 0 aromatic carbocycles. The largest absolute Gasteiger partial charge is 0.346 e. The summed E-state index contributed by atoms with van der Waals surface area (Å²) in [6.45, 7) is 4.21. The van der Waals surface area contributed by atoms with Crippen LogP contribution in [0.2, 0.25) is 0 Å². The Morgan fingerprint density at radius 3 is 2.50 bits per heavy atom. The van der Waals surface area contributed by atoms with Gasteiger partial charge in [-0.2, -0.15) is 0 Å². The van der Waals surface area contributed by atoms with Gasteiger partial charge in [-0.05, 0) is 19.9 Å². The van der Waals surface area contributed by atoms with Crippen LogP contribution in [0.1, 0.15) is 20.3 Å². The number of ether oxygens (including phenoxy) is 2. The molecule has 3 fully saturated rings. The number of carbonyl (C=O) groups excluding carboxylic acids is 1. The SMILES string of the molecule is CC1(C)/C(=C\C2OCCO2)N2C(=O)C[C@H]2S1(=O)=O. The minimum absolute atomic E-state index is 0.0789. The Labute approximate surface area is 105 Å². The first kappa shape index (κ1) is 12.1. The number of nitrogens with zero attached hydrogens (tertiary/aromatic N) is 1. The minimum Gasteiger partial charge on any atom is -0.346 e. The maximum Gasteiger partial charge on any atom is 0.231 e. The summed E-state index contributed by atoms with van der Waals surface area (Å²) < 4.78 is 34.1. The zero-order valence-corrected chi connectivity index (χ0v) is 11.1. The molecule has 0 bridgehead atoms. The Morgan fingerprint density at radius 2 is 1.94 bits per heavy atom. The molecule has 0 spiro atoms. The van der Waals surface area contributed by atoms with E-state index in [1.807, 2.05) is 0 Å². The van der Waals surface area contributed by atoms with Crippen molar-refractivity contribution in [2.45, 2.75) is 36.7 Å². The second-order valence-electron chi connectivity index (χ2n) is 5.14. The lowest BCUT2D eigenvalue weighted by atomic mass is 10.0. The molecule has 3 aliphatic heterocycles. The lowest BCUT2D eigenvalue weighted by Gasteiger charge is -2.33. The van der Waals surface area contributed by atoms with Crippen molar-refractivity contribution in [1.82, 2.24) is 4.90 Å². The third-order valence-electron chi connectivity index (χ3n) is 3.79. The predicted octanol–water partition coefficient (Wildman–Crippen LogP) is 0.00860. The fourth-order valence-electron chi connectivity index (χ4n) is 2.58. The maximum atomic E-state index is 12.3. The highest BCUT2D eigenvalue weighted by Crippen LogP contribution is 2.48. The van der Waals surface area contributed by atoms with E-state index in [2.05, 4.69) is 0 Å². The average molecular weight is 273 g/mol. The van der Waals surface area contributed by atoms with E-state index in [1.54, 1.807) is 19.9 Å². The van der Waals surface area contributed by atoms with Crippen molar-refractivity contribution in [3.63, 3.8) is 0 Å². The van der Waals surface area contributed by atoms with Crippen molar-refractivity contribution >= 4 is 15.7 Å². The number of hydrogen-bond donors (Lipinski definition) is 0. The van der Waals surface area contributed by atoms with E-state index in [9.17, 15) is 13.2 Å². The Morgan fingerprint density at radius 1 is 1.33 bits per heavy atom. The molecule has 1 amide bonds. The van der Waals surface area contributed by atoms with Crippen molar-refractivity contribution in [3.8, 4) is 0 Å². The molecule has 3 saturated heterocycles. The molecular formula is C11H15NO5S. The summed E-state index contributed by atoms with van der Waals surface area (Å²) in [7, 11) is -3.36. The molecule has 0 unspecified atom stereocenters. The Hall–Kier alpha value is -0.920. The Balaban J connectivity index is 2.04. The molecule has 0 saturated carbocycles. The highest BCUT2D eigenvalue weighted by atomic mass is 32.2. The van der Waals surface area contributed by atoms with Crippen LogP contribution in [0.3, 0.4) is 0 Å². The molecule has 0 aliphatic carbocycles. The molecular weight excluding hydrogens is 258 g/mol. The molecule has 0 aromatic rings. The summed E-state index contributed by atoms with van der Waals surface area (Å²) in [5.41, 5.74) is 0.482. The summed E-state index contributed by atoms with van der Waals surface area (Å²) in [5, 5.41) is -0.701. The summed E-state index contributed by atoms with van der Waals surface area (Å²) in [4.78, 5) is 13.0. The third kappa shape index (κ3) is 1.35. The quantitative estimate of drug-likeness (QED) is 0.629. The summed E-state index contributed by atoms with van der Waals surface area (Å²) in [5.74, 6) is -0.154. The van der Waals surface area contributed by atoms with Gasteiger partial charge in [-0.25, -0.2) is 8.42 Å². The van der Waals surface area contributed by atoms with Gasteiger partial charge in [0.05, 0.1) is 19.6 Å². The standard InChI is InChI=1S/C11H15NO5S/c1-11(2)7(5-10-16-3-4-17-10)12-8(13)6-9(12)18(11,14)15/h5,9-10H,3-4,6H2,1-2H3/b7-5+/t9-/m1/s1. The Kier molecular flexibility index (Phi) is 2.39. The zero-order chi connectivity index (χ0) is 13.1. The number of fused-ring (bicyclic) bond motifs is 1. The van der Waals surface area contributed by atoms with Crippen LogP contribution in [0.5, 0.6) is 0 Å². The molecule has 0 radical (unpaired) electrons. The first-order valence-electron chi connectivity index (χ1n) is 5.87. The molecule has 7 heteroatoms. The van der Waals surface area contributed by atoms with Crippen molar-refractivity contribution in [3.05, 3.63) is 11.8 Å². The molecule has 3 aliphatic rings. The number of sulfone groups is 1. The van der Waals surface area contributed by atoms with Crippen molar-refractivity contribution in [2.75, 3.05) is 13.2 Å². The normalized spacial score (nSPS) is 35.9. The van der Waals surface area contributed by atoms with Gasteiger partial charge in [0.1, 0.15) is 10.1 Å². The minimum atomic E-state index is -3.36. The highest BCUT2D eigenvalue weighted by Gasteiger charge is 2.63. The van der Waals surface area contributed by atoms with Gasteiger partial charge >= 0.3 is 0 Å². The second kappa shape index (κ2) is 3.55. The van der Waals surface area contributed by atoms with Gasteiger partial charge in [0.15, 0.2) is 16.1 Å². The van der Waals surface area contributed by atoms with Crippen LogP contribution >= 0.6 is 0 Å². The van der Waals surface area contributed by atoms with Crippen molar-refractivity contribution < 1.29 is 22.7 Å². The van der Waals surface area contributed by atoms with E-state index in [4.69, 9.17) is 9.47 Å². The number of β-lactam (4-membered cyclic amide) rings is 1. The van der Waals surface area contributed by atoms with Crippen molar-refractivity contribution in [2.24, 2.45) is 0 Å². The first-order chi connectivity index (χ1) is 8.35. The van der Waals surface area contributed by atoms with Gasteiger partial charge in [0.2, 0.25) is 5.91 Å². The summed E-state index contributed by atoms with van der Waals surface area (Å²) in [6, 6.07) is 0. The number of rotatable bonds is 1. The van der Waals surface area contributed by atoms with Gasteiger partial charge in [-0.1, -0.05) is 0 Å². The average Bonchev–Trinajstić information content (AvgIpc) is 2.79. The number of carbonyl (C=O) groups is 1. The predicted molar refractivity (Wildman–Crippen MR) is 62.0 cm³/mol. The van der Waals surface area contributed by atoms with E-state index in [1.165, 1.54) is 4.90 Å². The molecule has 3 heterocycles. The number of hydrogen-bond acceptors (Lipinski definition) is 5. The van der Waals surface area contributed by atoms with Gasteiger partial charge in [0, 0.05) is 5.70 Å². The van der Waals surface area contributed by atoms with E-state index < -0.39 is 26.2 Å². The topological polar surface area (TPSA) is 72.9 Å². The fourth-order valence-corrected chi connectivity index (χ4v) is 4.59. The molecule has 0 N–H and O–H groups in total. The van der Waals surface area contributed by atoms with Crippen LogP contribution in [-0.2, 0) is 24.1 Å². The molecule has 3 rings (SSSR count). The molecule has 0 aromatic heterocycles. The van der Waals surface area contributed by atoms with Crippen LogP contribution in [-0.4, -0.2) is 48.8 Å². The van der Waals surface area contributed by atoms with Crippen LogP contribution in [0.4, 0.5) is 0 Å². The van der Waals surface area contributed by atoms with Crippen LogP contribution < -0.4 is 0 Å². The smallest absolute Gasteiger partial charge is 0.231 e. The van der Waals surface area contributed by atoms with E-state index in [0.717, 1.165) is 0 Å². The van der Waals surface area contributed by atoms with Gasteiger partial charge in [0.25, 0.3) is 0 Å². The van der Waals surface area contributed by atoms with Crippen LogP contribution in [0.15, 0.2) is 11.8 Å². The van der Waals surface area contributed by atoms with E-state index in [0.29, 0.717) is 18.9 Å². The summed E-state index contributed by atoms with van der Waals surface area (Å²) >= 11 is 0. The Bertz CT molecular complexity index is 530. The molecule has 18 heavy (non-hydrogen) atoms. The molecule has 1 atom stereocenters. The van der Waals surface area contributed by atoms with Gasteiger partial charge in [-0.15, -0.1) is 0 Å².